The van der Waals surface area contributed by atoms with Gasteiger partial charge in [0.05, 0.1) is 11.6 Å². The molecule has 5 heteroatoms. The second-order valence-electron chi connectivity index (χ2n) is 5.10. The molecule has 0 fully saturated rings. The molecule has 0 amide bonds. The van der Waals surface area contributed by atoms with Gasteiger partial charge < -0.3 is 15.0 Å². The summed E-state index contributed by atoms with van der Waals surface area (Å²) in [6.07, 6.45) is 2.96. The average Bonchev–Trinajstić information content (AvgIpc) is 2.94. The molecule has 0 unspecified atom stereocenters. The average molecular weight is 305 g/mol. The number of aromatic nitrogens is 1. The van der Waals surface area contributed by atoms with Crippen LogP contribution in [0.15, 0.2) is 30.5 Å². The van der Waals surface area contributed by atoms with E-state index >= 15 is 0 Å². The molecule has 0 spiro atoms. The lowest BCUT2D eigenvalue weighted by Crippen LogP contribution is -2.19. The van der Waals surface area contributed by atoms with E-state index in [1.807, 2.05) is 44.6 Å². The van der Waals surface area contributed by atoms with E-state index in [1.165, 1.54) is 9.88 Å². The third-order valence-electron chi connectivity index (χ3n) is 3.03. The molecule has 1 aromatic heterocycles. The zero-order chi connectivity index (χ0) is 15.1. The van der Waals surface area contributed by atoms with Crippen LogP contribution < -0.4 is 10.1 Å². The number of thiazole rings is 1. The Morgan fingerprint density at radius 3 is 2.62 bits per heavy atom. The summed E-state index contributed by atoms with van der Waals surface area (Å²) < 4.78 is 5.68. The van der Waals surface area contributed by atoms with Crippen LogP contribution in [0.1, 0.15) is 16.8 Å². The SMILES string of the molecule is CCc1ncc(CNc2ccc(OCCN(C)C)cc2)s1. The van der Waals surface area contributed by atoms with Gasteiger partial charge in [0.1, 0.15) is 12.4 Å². The Labute approximate surface area is 130 Å². The first kappa shape index (κ1) is 15.8. The minimum absolute atomic E-state index is 0.709. The van der Waals surface area contributed by atoms with Crippen molar-refractivity contribution in [1.29, 1.82) is 0 Å². The van der Waals surface area contributed by atoms with E-state index in [9.17, 15) is 0 Å². The van der Waals surface area contributed by atoms with Gasteiger partial charge in [-0.1, -0.05) is 6.92 Å². The zero-order valence-electron chi connectivity index (χ0n) is 12.9. The molecule has 1 N–H and O–H groups in total. The number of hydrogen-bond acceptors (Lipinski definition) is 5. The highest BCUT2D eigenvalue weighted by Gasteiger charge is 2.01. The van der Waals surface area contributed by atoms with Crippen molar-refractivity contribution in [2.75, 3.05) is 32.6 Å². The fourth-order valence-corrected chi connectivity index (χ4v) is 2.60. The first-order valence-electron chi connectivity index (χ1n) is 7.22. The fraction of sp³-hybridized carbons (Fsp3) is 0.438. The van der Waals surface area contributed by atoms with Crippen LogP contribution in [0.25, 0.3) is 0 Å². The van der Waals surface area contributed by atoms with Crippen molar-refractivity contribution in [1.82, 2.24) is 9.88 Å². The molecule has 0 atom stereocenters. The molecule has 0 aliphatic heterocycles. The maximum atomic E-state index is 5.68. The second-order valence-corrected chi connectivity index (χ2v) is 6.30. The molecule has 0 bridgehead atoms. The first-order valence-corrected chi connectivity index (χ1v) is 8.04. The number of benzene rings is 1. The molecule has 0 saturated heterocycles. The molecule has 0 aliphatic rings. The second kappa shape index (κ2) is 8.00. The van der Waals surface area contributed by atoms with E-state index in [0.29, 0.717) is 6.61 Å². The van der Waals surface area contributed by atoms with Crippen LogP contribution in [-0.4, -0.2) is 37.1 Å². The molecule has 1 heterocycles. The maximum absolute atomic E-state index is 5.68. The highest BCUT2D eigenvalue weighted by Crippen LogP contribution is 2.18. The molecular weight excluding hydrogens is 282 g/mol. The minimum Gasteiger partial charge on any atom is -0.492 e. The van der Waals surface area contributed by atoms with Gasteiger partial charge in [-0.3, -0.25) is 0 Å². The van der Waals surface area contributed by atoms with Gasteiger partial charge in [0, 0.05) is 23.3 Å². The van der Waals surface area contributed by atoms with Crippen LogP contribution in [-0.2, 0) is 13.0 Å². The number of aryl methyl sites for hydroxylation is 1. The molecule has 21 heavy (non-hydrogen) atoms. The van der Waals surface area contributed by atoms with Crippen molar-refractivity contribution in [2.24, 2.45) is 0 Å². The van der Waals surface area contributed by atoms with Crippen molar-refractivity contribution in [3.63, 3.8) is 0 Å². The van der Waals surface area contributed by atoms with Crippen molar-refractivity contribution >= 4 is 17.0 Å². The fourth-order valence-electron chi connectivity index (χ4n) is 1.80. The normalized spacial score (nSPS) is 10.9. The zero-order valence-corrected chi connectivity index (χ0v) is 13.7. The minimum atomic E-state index is 0.709. The summed E-state index contributed by atoms with van der Waals surface area (Å²) in [7, 11) is 4.08. The number of nitrogens with one attached hydrogen (secondary N) is 1. The Kier molecular flexibility index (Phi) is 6.02. The van der Waals surface area contributed by atoms with E-state index in [4.69, 9.17) is 4.74 Å². The Bertz CT molecular complexity index is 537. The number of ether oxygens (including phenoxy) is 1. The standard InChI is InChI=1S/C16H23N3OS/c1-4-16-18-12-15(21-16)11-17-13-5-7-14(8-6-13)20-10-9-19(2)3/h5-8,12,17H,4,9-11H2,1-3H3. The van der Waals surface area contributed by atoms with Crippen LogP contribution in [0.5, 0.6) is 5.75 Å². The van der Waals surface area contributed by atoms with E-state index < -0.39 is 0 Å². The molecule has 2 aromatic rings. The van der Waals surface area contributed by atoms with Crippen molar-refractivity contribution in [3.05, 3.63) is 40.3 Å². The Hall–Kier alpha value is -1.59. The number of likely N-dealkylation sites (N-methyl/N-ethyl adjacent to an activating group) is 1. The molecule has 0 saturated carbocycles. The van der Waals surface area contributed by atoms with Gasteiger partial charge in [-0.25, -0.2) is 4.98 Å². The Morgan fingerprint density at radius 1 is 1.24 bits per heavy atom. The van der Waals surface area contributed by atoms with Gasteiger partial charge in [-0.2, -0.15) is 0 Å². The third kappa shape index (κ3) is 5.36. The predicted molar refractivity (Wildman–Crippen MR) is 89.3 cm³/mol. The summed E-state index contributed by atoms with van der Waals surface area (Å²) >= 11 is 1.77. The summed E-state index contributed by atoms with van der Waals surface area (Å²) in [6, 6.07) is 8.10. The first-order chi connectivity index (χ1) is 10.2. The van der Waals surface area contributed by atoms with Gasteiger partial charge in [0.2, 0.25) is 0 Å². The van der Waals surface area contributed by atoms with Crippen LogP contribution >= 0.6 is 11.3 Å². The quantitative estimate of drug-likeness (QED) is 0.812. The summed E-state index contributed by atoms with van der Waals surface area (Å²) in [5.41, 5.74) is 1.10. The lowest BCUT2D eigenvalue weighted by molar-refractivity contribution is 0.261. The Balaban J connectivity index is 1.79. The highest BCUT2D eigenvalue weighted by atomic mass is 32.1. The lowest BCUT2D eigenvalue weighted by Gasteiger charge is -2.11. The van der Waals surface area contributed by atoms with E-state index in [-0.39, 0.29) is 0 Å². The van der Waals surface area contributed by atoms with Gasteiger partial charge in [0.25, 0.3) is 0 Å². The molecule has 0 aliphatic carbocycles. The largest absolute Gasteiger partial charge is 0.492 e. The maximum Gasteiger partial charge on any atom is 0.119 e. The van der Waals surface area contributed by atoms with Crippen molar-refractivity contribution in [3.8, 4) is 5.75 Å². The molecule has 114 valence electrons. The Morgan fingerprint density at radius 2 is 2.00 bits per heavy atom. The van der Waals surface area contributed by atoms with Gasteiger partial charge in [-0.15, -0.1) is 11.3 Å². The van der Waals surface area contributed by atoms with Crippen LogP contribution in [0.4, 0.5) is 5.69 Å². The van der Waals surface area contributed by atoms with Crippen molar-refractivity contribution in [2.45, 2.75) is 19.9 Å². The number of anilines is 1. The highest BCUT2D eigenvalue weighted by molar-refractivity contribution is 7.11. The number of rotatable bonds is 8. The molecule has 0 radical (unpaired) electrons. The van der Waals surface area contributed by atoms with Crippen LogP contribution in [0.3, 0.4) is 0 Å². The molecule has 2 rings (SSSR count). The molecular formula is C16H23N3OS. The third-order valence-corrected chi connectivity index (χ3v) is 4.17. The van der Waals surface area contributed by atoms with Gasteiger partial charge >= 0.3 is 0 Å². The monoisotopic (exact) mass is 305 g/mol. The van der Waals surface area contributed by atoms with Gasteiger partial charge in [-0.05, 0) is 44.8 Å². The summed E-state index contributed by atoms with van der Waals surface area (Å²) in [5.74, 6) is 0.911. The smallest absolute Gasteiger partial charge is 0.119 e. The lowest BCUT2D eigenvalue weighted by atomic mass is 10.3. The number of nitrogens with zero attached hydrogens (tertiary/aromatic N) is 2. The predicted octanol–water partition coefficient (Wildman–Crippen LogP) is 3.26. The van der Waals surface area contributed by atoms with Crippen LogP contribution in [0.2, 0.25) is 0 Å². The van der Waals surface area contributed by atoms with Crippen molar-refractivity contribution < 1.29 is 4.74 Å². The summed E-state index contributed by atoms with van der Waals surface area (Å²) in [5, 5.41) is 4.60. The number of hydrogen-bond donors (Lipinski definition) is 1. The summed E-state index contributed by atoms with van der Waals surface area (Å²) in [4.78, 5) is 7.73. The van der Waals surface area contributed by atoms with Crippen LogP contribution in [0, 0.1) is 0 Å². The van der Waals surface area contributed by atoms with E-state index in [1.54, 1.807) is 11.3 Å². The summed E-state index contributed by atoms with van der Waals surface area (Å²) in [6.45, 7) is 4.58. The molecule has 1 aromatic carbocycles. The topological polar surface area (TPSA) is 37.4 Å². The molecule has 4 nitrogen and oxygen atoms in total. The van der Waals surface area contributed by atoms with Gasteiger partial charge in [0.15, 0.2) is 0 Å². The van der Waals surface area contributed by atoms with E-state index in [2.05, 4.69) is 22.1 Å². The van der Waals surface area contributed by atoms with E-state index in [0.717, 1.165) is 30.9 Å².